The molecule has 0 bridgehead atoms. The average molecular weight is 490 g/mol. The van der Waals surface area contributed by atoms with Crippen LogP contribution in [0, 0.1) is 5.92 Å². The van der Waals surface area contributed by atoms with Crippen molar-refractivity contribution >= 4 is 11.8 Å². The zero-order valence-corrected chi connectivity index (χ0v) is 21.2. The SMILES string of the molecule is CC1=C(C(=O)OCC(C)C)[C@H](c2ccc(OCc3ccccc3)cc2)c2c(n(C)c(=O)n(C)c2=O)N1. The summed E-state index contributed by atoms with van der Waals surface area (Å²) in [7, 11) is 3.03. The van der Waals surface area contributed by atoms with Crippen LogP contribution in [0.4, 0.5) is 5.82 Å². The topological polar surface area (TPSA) is 91.6 Å². The minimum absolute atomic E-state index is 0.159. The molecule has 0 unspecified atom stereocenters. The van der Waals surface area contributed by atoms with Crippen molar-refractivity contribution in [2.45, 2.75) is 33.3 Å². The summed E-state index contributed by atoms with van der Waals surface area (Å²) in [5.41, 5.74) is 2.05. The minimum Gasteiger partial charge on any atom is -0.489 e. The summed E-state index contributed by atoms with van der Waals surface area (Å²) in [6.07, 6.45) is 0. The van der Waals surface area contributed by atoms with Crippen LogP contribution in [-0.2, 0) is 30.2 Å². The maximum atomic E-state index is 13.3. The van der Waals surface area contributed by atoms with Gasteiger partial charge < -0.3 is 14.8 Å². The van der Waals surface area contributed by atoms with Crippen molar-refractivity contribution in [3.63, 3.8) is 0 Å². The quantitative estimate of drug-likeness (QED) is 0.509. The second-order valence-corrected chi connectivity index (χ2v) is 9.40. The van der Waals surface area contributed by atoms with Gasteiger partial charge in [0, 0.05) is 19.8 Å². The van der Waals surface area contributed by atoms with Crippen LogP contribution >= 0.6 is 0 Å². The van der Waals surface area contributed by atoms with Gasteiger partial charge in [-0.25, -0.2) is 9.59 Å². The summed E-state index contributed by atoms with van der Waals surface area (Å²) in [6, 6.07) is 17.2. The Kier molecular flexibility index (Phi) is 7.15. The number of carbonyl (C=O) groups is 1. The zero-order valence-electron chi connectivity index (χ0n) is 21.2. The number of hydrogen-bond acceptors (Lipinski definition) is 6. The number of anilines is 1. The van der Waals surface area contributed by atoms with Gasteiger partial charge >= 0.3 is 11.7 Å². The molecule has 0 fully saturated rings. The Morgan fingerprint density at radius 3 is 2.31 bits per heavy atom. The van der Waals surface area contributed by atoms with Crippen LogP contribution in [0.15, 0.2) is 75.5 Å². The summed E-state index contributed by atoms with van der Waals surface area (Å²) in [6.45, 7) is 6.35. The molecule has 0 spiro atoms. The largest absolute Gasteiger partial charge is 0.489 e. The average Bonchev–Trinajstić information content (AvgIpc) is 2.88. The van der Waals surface area contributed by atoms with Crippen LogP contribution in [0.5, 0.6) is 5.75 Å². The van der Waals surface area contributed by atoms with Gasteiger partial charge in [0.15, 0.2) is 0 Å². The molecule has 0 aliphatic carbocycles. The van der Waals surface area contributed by atoms with Crippen LogP contribution in [0.25, 0.3) is 0 Å². The summed E-state index contributed by atoms with van der Waals surface area (Å²) < 4.78 is 13.9. The number of rotatable bonds is 7. The fourth-order valence-electron chi connectivity index (χ4n) is 4.31. The van der Waals surface area contributed by atoms with E-state index in [1.165, 1.54) is 11.6 Å². The van der Waals surface area contributed by atoms with Crippen molar-refractivity contribution in [2.75, 3.05) is 11.9 Å². The monoisotopic (exact) mass is 489 g/mol. The normalized spacial score (nSPS) is 14.9. The highest BCUT2D eigenvalue weighted by Crippen LogP contribution is 2.40. The van der Waals surface area contributed by atoms with Gasteiger partial charge in [-0.1, -0.05) is 56.3 Å². The maximum Gasteiger partial charge on any atom is 0.336 e. The van der Waals surface area contributed by atoms with Crippen LogP contribution in [0.1, 0.15) is 43.4 Å². The first-order valence-corrected chi connectivity index (χ1v) is 11.9. The number of nitrogens with zero attached hydrogens (tertiary/aromatic N) is 2. The predicted molar refractivity (Wildman–Crippen MR) is 138 cm³/mol. The van der Waals surface area contributed by atoms with Crippen LogP contribution < -0.4 is 21.3 Å². The standard InChI is InChI=1S/C28H31N3O5/c1-17(2)15-36-27(33)22-18(3)29-25-24(26(32)31(5)28(34)30(25)4)23(22)20-11-13-21(14-12-20)35-16-19-9-7-6-8-10-19/h6-14,17,23,29H,15-16H2,1-5H3/t23-/m0/s1. The van der Waals surface area contributed by atoms with Crippen LogP contribution in [0.2, 0.25) is 0 Å². The molecule has 8 nitrogen and oxygen atoms in total. The van der Waals surface area contributed by atoms with Crippen molar-refractivity contribution in [3.05, 3.63) is 103 Å². The number of esters is 1. The molecule has 3 aromatic rings. The van der Waals surface area contributed by atoms with E-state index in [1.807, 2.05) is 68.4 Å². The molecular weight excluding hydrogens is 458 g/mol. The molecule has 1 aliphatic heterocycles. The van der Waals surface area contributed by atoms with E-state index in [0.29, 0.717) is 35.0 Å². The highest BCUT2D eigenvalue weighted by molar-refractivity contribution is 5.94. The number of fused-ring (bicyclic) bond motifs is 1. The lowest BCUT2D eigenvalue weighted by atomic mass is 9.82. The zero-order chi connectivity index (χ0) is 26.0. The molecule has 0 amide bonds. The minimum atomic E-state index is -0.713. The second kappa shape index (κ2) is 10.3. The highest BCUT2D eigenvalue weighted by Gasteiger charge is 2.37. The lowest BCUT2D eigenvalue weighted by molar-refractivity contribution is -0.140. The van der Waals surface area contributed by atoms with E-state index in [4.69, 9.17) is 9.47 Å². The fraction of sp³-hybridized carbons (Fsp3) is 0.321. The number of hydrogen-bond donors (Lipinski definition) is 1. The molecule has 1 atom stereocenters. The van der Waals surface area contributed by atoms with Gasteiger partial charge in [-0.3, -0.25) is 13.9 Å². The summed E-state index contributed by atoms with van der Waals surface area (Å²) in [5.74, 6) is -0.0173. The number of carbonyl (C=O) groups excluding carboxylic acids is 1. The van der Waals surface area contributed by atoms with E-state index < -0.39 is 23.1 Å². The molecule has 0 saturated carbocycles. The number of ether oxygens (including phenoxy) is 2. The third-order valence-electron chi connectivity index (χ3n) is 6.22. The molecule has 4 rings (SSSR count). The van der Waals surface area contributed by atoms with Crippen LogP contribution in [0.3, 0.4) is 0 Å². The van der Waals surface area contributed by atoms with E-state index in [1.54, 1.807) is 14.0 Å². The molecule has 2 aromatic carbocycles. The first-order valence-electron chi connectivity index (χ1n) is 11.9. The van der Waals surface area contributed by atoms with Crippen LogP contribution in [-0.4, -0.2) is 21.7 Å². The maximum absolute atomic E-state index is 13.3. The summed E-state index contributed by atoms with van der Waals surface area (Å²) in [5, 5.41) is 3.11. The molecule has 2 heterocycles. The molecule has 0 radical (unpaired) electrons. The number of aromatic nitrogens is 2. The molecule has 1 aliphatic rings. The molecule has 1 N–H and O–H groups in total. The molecule has 0 saturated heterocycles. The Morgan fingerprint density at radius 2 is 1.67 bits per heavy atom. The Bertz CT molecular complexity index is 1420. The first-order chi connectivity index (χ1) is 17.2. The van der Waals surface area contributed by atoms with Crippen molar-refractivity contribution in [1.82, 2.24) is 9.13 Å². The van der Waals surface area contributed by atoms with Gasteiger partial charge in [0.25, 0.3) is 5.56 Å². The lowest BCUT2D eigenvalue weighted by Gasteiger charge is -2.31. The third kappa shape index (κ3) is 4.84. The number of nitrogens with one attached hydrogen (secondary N) is 1. The molecule has 188 valence electrons. The van der Waals surface area contributed by atoms with Gasteiger partial charge in [-0.15, -0.1) is 0 Å². The predicted octanol–water partition coefficient (Wildman–Crippen LogP) is 3.69. The number of benzene rings is 2. The lowest BCUT2D eigenvalue weighted by Crippen LogP contribution is -2.43. The van der Waals surface area contributed by atoms with Crippen molar-refractivity contribution in [1.29, 1.82) is 0 Å². The molecule has 8 heteroatoms. The third-order valence-corrected chi connectivity index (χ3v) is 6.22. The second-order valence-electron chi connectivity index (χ2n) is 9.40. The van der Waals surface area contributed by atoms with Gasteiger partial charge in [-0.05, 0) is 36.1 Å². The molecule has 1 aromatic heterocycles. The Labute approximate surface area is 209 Å². The van der Waals surface area contributed by atoms with Gasteiger partial charge in [0.1, 0.15) is 18.2 Å². The first kappa shape index (κ1) is 25.0. The highest BCUT2D eigenvalue weighted by atomic mass is 16.5. The number of allylic oxidation sites excluding steroid dienone is 1. The van der Waals surface area contributed by atoms with Gasteiger partial charge in [0.2, 0.25) is 0 Å². The van der Waals surface area contributed by atoms with Crippen molar-refractivity contribution in [3.8, 4) is 5.75 Å². The van der Waals surface area contributed by atoms with E-state index in [-0.39, 0.29) is 12.5 Å². The van der Waals surface area contributed by atoms with Gasteiger partial charge in [0.05, 0.1) is 23.7 Å². The summed E-state index contributed by atoms with van der Waals surface area (Å²) >= 11 is 0. The van der Waals surface area contributed by atoms with Crippen molar-refractivity contribution < 1.29 is 14.3 Å². The van der Waals surface area contributed by atoms with E-state index in [0.717, 1.165) is 15.7 Å². The summed E-state index contributed by atoms with van der Waals surface area (Å²) in [4.78, 5) is 39.2. The Balaban J connectivity index is 1.77. The van der Waals surface area contributed by atoms with E-state index in [2.05, 4.69) is 5.32 Å². The van der Waals surface area contributed by atoms with E-state index >= 15 is 0 Å². The Morgan fingerprint density at radius 1 is 1.00 bits per heavy atom. The van der Waals surface area contributed by atoms with Crippen molar-refractivity contribution in [2.24, 2.45) is 20.0 Å². The van der Waals surface area contributed by atoms with Gasteiger partial charge in [-0.2, -0.15) is 0 Å². The van der Waals surface area contributed by atoms with E-state index in [9.17, 15) is 14.4 Å². The molecular formula is C28H31N3O5. The smallest absolute Gasteiger partial charge is 0.336 e. The molecule has 36 heavy (non-hydrogen) atoms. The Hall–Kier alpha value is -4.07. The fourth-order valence-corrected chi connectivity index (χ4v) is 4.31.